The molecule has 2 aromatic heterocycles. The van der Waals surface area contributed by atoms with Crippen molar-refractivity contribution in [2.24, 2.45) is 7.05 Å². The first kappa shape index (κ1) is 13.9. The lowest BCUT2D eigenvalue weighted by Crippen LogP contribution is -2.22. The Kier molecular flexibility index (Phi) is 5.05. The van der Waals surface area contributed by atoms with Gasteiger partial charge in [-0.1, -0.05) is 6.07 Å². The van der Waals surface area contributed by atoms with Crippen LogP contribution in [0.25, 0.3) is 0 Å². The largest absolute Gasteiger partial charge is 0.347 e. The average Bonchev–Trinajstić information content (AvgIpc) is 2.34. The van der Waals surface area contributed by atoms with E-state index in [9.17, 15) is 9.59 Å². The van der Waals surface area contributed by atoms with Crippen molar-refractivity contribution in [2.45, 2.75) is 19.9 Å². The Morgan fingerprint density at radius 3 is 2.22 bits per heavy atom. The van der Waals surface area contributed by atoms with Crippen LogP contribution in [0.3, 0.4) is 0 Å². The SMILES string of the molecule is CC(C)n1cccnc1=O.Cn1ccccc1=O. The first-order valence-corrected chi connectivity index (χ1v) is 5.67. The normalized spacial score (nSPS) is 9.78. The molecule has 0 radical (unpaired) electrons. The molecular weight excluding hydrogens is 230 g/mol. The number of aryl methyl sites for hydroxylation is 1. The van der Waals surface area contributed by atoms with Crippen molar-refractivity contribution in [3.8, 4) is 0 Å². The zero-order chi connectivity index (χ0) is 13.5. The molecule has 0 aliphatic carbocycles. The quantitative estimate of drug-likeness (QED) is 0.761. The minimum absolute atomic E-state index is 0.0347. The molecule has 0 aliphatic heterocycles. The van der Waals surface area contributed by atoms with E-state index in [2.05, 4.69) is 4.98 Å². The van der Waals surface area contributed by atoms with Gasteiger partial charge in [0.2, 0.25) is 5.56 Å². The second-order valence-corrected chi connectivity index (χ2v) is 4.05. The van der Waals surface area contributed by atoms with Crippen molar-refractivity contribution in [2.75, 3.05) is 0 Å². The van der Waals surface area contributed by atoms with Gasteiger partial charge in [-0.2, -0.15) is 0 Å². The standard InChI is InChI=1S/C7H10N2O.C6H7NO/c1-6(2)9-5-3-4-8-7(9)10;1-7-5-3-2-4-6(7)8/h3-6H,1-2H3;2-5H,1H3. The number of pyridine rings is 1. The summed E-state index contributed by atoms with van der Waals surface area (Å²) in [6.07, 6.45) is 4.96. The van der Waals surface area contributed by atoms with Gasteiger partial charge in [0.1, 0.15) is 0 Å². The Bertz CT molecular complexity index is 599. The molecule has 5 nitrogen and oxygen atoms in total. The molecule has 2 rings (SSSR count). The topological polar surface area (TPSA) is 56.9 Å². The summed E-state index contributed by atoms with van der Waals surface area (Å²) < 4.78 is 3.11. The van der Waals surface area contributed by atoms with Gasteiger partial charge in [0, 0.05) is 37.7 Å². The van der Waals surface area contributed by atoms with Crippen LogP contribution in [0.15, 0.2) is 52.4 Å². The number of hydrogen-bond donors (Lipinski definition) is 0. The predicted molar refractivity (Wildman–Crippen MR) is 70.6 cm³/mol. The van der Waals surface area contributed by atoms with Gasteiger partial charge >= 0.3 is 5.69 Å². The predicted octanol–water partition coefficient (Wildman–Crippen LogP) is 1.21. The highest BCUT2D eigenvalue weighted by Gasteiger charge is 1.96. The van der Waals surface area contributed by atoms with Crippen LogP contribution in [0, 0.1) is 0 Å². The molecule has 18 heavy (non-hydrogen) atoms. The fraction of sp³-hybridized carbons (Fsp3) is 0.308. The lowest BCUT2D eigenvalue weighted by Gasteiger charge is -2.05. The van der Waals surface area contributed by atoms with Crippen LogP contribution in [-0.2, 0) is 7.05 Å². The first-order chi connectivity index (χ1) is 8.52. The van der Waals surface area contributed by atoms with Crippen LogP contribution >= 0.6 is 0 Å². The summed E-state index contributed by atoms with van der Waals surface area (Å²) in [6, 6.07) is 7.02. The minimum atomic E-state index is -0.183. The Morgan fingerprint density at radius 2 is 1.83 bits per heavy atom. The lowest BCUT2D eigenvalue weighted by molar-refractivity contribution is 0.563. The Morgan fingerprint density at radius 1 is 1.11 bits per heavy atom. The Hall–Kier alpha value is -2.17. The summed E-state index contributed by atoms with van der Waals surface area (Å²) in [5.41, 5.74) is -0.148. The second-order valence-electron chi connectivity index (χ2n) is 4.05. The maximum atomic E-state index is 10.9. The molecule has 0 fully saturated rings. The van der Waals surface area contributed by atoms with Crippen LogP contribution in [0.1, 0.15) is 19.9 Å². The fourth-order valence-electron chi connectivity index (χ4n) is 1.27. The number of rotatable bonds is 1. The molecule has 2 aromatic rings. The molecule has 0 amide bonds. The van der Waals surface area contributed by atoms with Gasteiger partial charge in [0.25, 0.3) is 0 Å². The number of hydrogen-bond acceptors (Lipinski definition) is 3. The van der Waals surface area contributed by atoms with E-state index in [1.54, 1.807) is 36.1 Å². The highest BCUT2D eigenvalue weighted by Crippen LogP contribution is 1.95. The Labute approximate surface area is 105 Å². The summed E-state index contributed by atoms with van der Waals surface area (Å²) in [5.74, 6) is 0. The summed E-state index contributed by atoms with van der Waals surface area (Å²) >= 11 is 0. The monoisotopic (exact) mass is 247 g/mol. The van der Waals surface area contributed by atoms with Gasteiger partial charge in [-0.15, -0.1) is 0 Å². The van der Waals surface area contributed by atoms with Gasteiger partial charge in [-0.05, 0) is 26.0 Å². The highest BCUT2D eigenvalue weighted by atomic mass is 16.1. The third-order valence-corrected chi connectivity index (χ3v) is 2.30. The zero-order valence-corrected chi connectivity index (χ0v) is 10.8. The van der Waals surface area contributed by atoms with Crippen molar-refractivity contribution >= 4 is 0 Å². The second kappa shape index (κ2) is 6.54. The van der Waals surface area contributed by atoms with E-state index < -0.39 is 0 Å². The molecule has 0 aromatic carbocycles. The van der Waals surface area contributed by atoms with Crippen molar-refractivity contribution in [1.82, 2.24) is 14.1 Å². The molecule has 0 aliphatic rings. The third kappa shape index (κ3) is 4.01. The Balaban J connectivity index is 0.000000184. The zero-order valence-electron chi connectivity index (χ0n) is 10.8. The van der Waals surface area contributed by atoms with E-state index in [4.69, 9.17) is 0 Å². The molecule has 96 valence electrons. The molecule has 0 bridgehead atoms. The van der Waals surface area contributed by atoms with Gasteiger partial charge in [-0.3, -0.25) is 9.36 Å². The summed E-state index contributed by atoms with van der Waals surface area (Å²) in [5, 5.41) is 0. The molecule has 0 saturated heterocycles. The minimum Gasteiger partial charge on any atom is -0.319 e. The molecule has 5 heteroatoms. The fourth-order valence-corrected chi connectivity index (χ4v) is 1.27. The van der Waals surface area contributed by atoms with E-state index in [1.807, 2.05) is 19.9 Å². The molecule has 2 heterocycles. The van der Waals surface area contributed by atoms with E-state index >= 15 is 0 Å². The average molecular weight is 247 g/mol. The van der Waals surface area contributed by atoms with E-state index in [-0.39, 0.29) is 17.3 Å². The molecule has 0 unspecified atom stereocenters. The van der Waals surface area contributed by atoms with E-state index in [0.717, 1.165) is 0 Å². The number of aromatic nitrogens is 3. The van der Waals surface area contributed by atoms with Crippen LogP contribution in [0.2, 0.25) is 0 Å². The maximum Gasteiger partial charge on any atom is 0.347 e. The lowest BCUT2D eigenvalue weighted by atomic mass is 10.4. The van der Waals surface area contributed by atoms with Gasteiger partial charge < -0.3 is 4.57 Å². The van der Waals surface area contributed by atoms with E-state index in [0.29, 0.717) is 0 Å². The molecular formula is C13H17N3O2. The van der Waals surface area contributed by atoms with Crippen molar-refractivity contribution in [1.29, 1.82) is 0 Å². The highest BCUT2D eigenvalue weighted by molar-refractivity contribution is 4.91. The molecule has 0 atom stereocenters. The van der Waals surface area contributed by atoms with Gasteiger partial charge in [-0.25, -0.2) is 9.78 Å². The van der Waals surface area contributed by atoms with Crippen LogP contribution in [0.5, 0.6) is 0 Å². The van der Waals surface area contributed by atoms with E-state index in [1.165, 1.54) is 16.8 Å². The van der Waals surface area contributed by atoms with Crippen LogP contribution < -0.4 is 11.2 Å². The van der Waals surface area contributed by atoms with Crippen LogP contribution in [-0.4, -0.2) is 14.1 Å². The van der Waals surface area contributed by atoms with Gasteiger partial charge in [0.15, 0.2) is 0 Å². The third-order valence-electron chi connectivity index (χ3n) is 2.30. The smallest absolute Gasteiger partial charge is 0.319 e. The van der Waals surface area contributed by atoms with Crippen molar-refractivity contribution < 1.29 is 0 Å². The van der Waals surface area contributed by atoms with Crippen molar-refractivity contribution in [3.05, 3.63) is 63.7 Å². The van der Waals surface area contributed by atoms with Gasteiger partial charge in [0.05, 0.1) is 0 Å². The summed E-state index contributed by atoms with van der Waals surface area (Å²) in [6.45, 7) is 3.90. The maximum absolute atomic E-state index is 10.9. The molecule has 0 spiro atoms. The molecule has 0 saturated carbocycles. The first-order valence-electron chi connectivity index (χ1n) is 5.67. The number of nitrogens with zero attached hydrogens (tertiary/aromatic N) is 3. The summed E-state index contributed by atoms with van der Waals surface area (Å²) in [7, 11) is 1.72. The summed E-state index contributed by atoms with van der Waals surface area (Å²) in [4.78, 5) is 25.1. The molecule has 0 N–H and O–H groups in total. The van der Waals surface area contributed by atoms with Crippen molar-refractivity contribution in [3.63, 3.8) is 0 Å². The van der Waals surface area contributed by atoms with Crippen LogP contribution in [0.4, 0.5) is 0 Å².